The van der Waals surface area contributed by atoms with Crippen molar-refractivity contribution in [2.75, 3.05) is 20.3 Å². The van der Waals surface area contributed by atoms with Crippen LogP contribution in [0.2, 0.25) is 0 Å². The molecule has 3 N–H and O–H groups in total. The van der Waals surface area contributed by atoms with Crippen LogP contribution in [0, 0.1) is 11.8 Å². The van der Waals surface area contributed by atoms with Crippen LogP contribution < -0.4 is 11.3 Å². The lowest BCUT2D eigenvalue weighted by molar-refractivity contribution is -0.00673. The lowest BCUT2D eigenvalue weighted by Crippen LogP contribution is -2.49. The number of nitrogens with two attached hydrogens (primary N) is 1. The third-order valence-corrected chi connectivity index (χ3v) is 4.93. The van der Waals surface area contributed by atoms with Crippen LogP contribution in [0.1, 0.15) is 51.4 Å². The Morgan fingerprint density at radius 2 is 1.84 bits per heavy atom. The van der Waals surface area contributed by atoms with Crippen molar-refractivity contribution < 1.29 is 9.47 Å². The molecule has 0 aromatic rings. The molecule has 2 rings (SSSR count). The number of methoxy groups -OCH3 is 1. The quantitative estimate of drug-likeness (QED) is 0.574. The average molecular weight is 270 g/mol. The molecule has 0 aromatic heterocycles. The summed E-state index contributed by atoms with van der Waals surface area (Å²) in [5.74, 6) is 7.22. The van der Waals surface area contributed by atoms with Gasteiger partial charge in [0.1, 0.15) is 0 Å². The molecule has 2 fully saturated rings. The van der Waals surface area contributed by atoms with Gasteiger partial charge in [-0.05, 0) is 43.9 Å². The minimum Gasteiger partial charge on any atom is -0.381 e. The van der Waals surface area contributed by atoms with Gasteiger partial charge in [-0.2, -0.15) is 0 Å². The molecule has 4 heteroatoms. The summed E-state index contributed by atoms with van der Waals surface area (Å²) in [6, 6.07) is 0.288. The number of ether oxygens (including phenoxy) is 2. The molecule has 19 heavy (non-hydrogen) atoms. The van der Waals surface area contributed by atoms with Crippen LogP contribution in [0.15, 0.2) is 0 Å². The number of hydrogen-bond acceptors (Lipinski definition) is 4. The highest BCUT2D eigenvalue weighted by Crippen LogP contribution is 2.31. The molecule has 0 aromatic carbocycles. The van der Waals surface area contributed by atoms with Gasteiger partial charge in [-0.15, -0.1) is 0 Å². The molecule has 1 aliphatic heterocycles. The van der Waals surface area contributed by atoms with E-state index in [9.17, 15) is 0 Å². The fourth-order valence-electron chi connectivity index (χ4n) is 3.79. The van der Waals surface area contributed by atoms with Gasteiger partial charge in [0.15, 0.2) is 0 Å². The van der Waals surface area contributed by atoms with Gasteiger partial charge in [-0.25, -0.2) is 0 Å². The molecule has 112 valence electrons. The Balaban J connectivity index is 1.88. The Morgan fingerprint density at radius 1 is 1.16 bits per heavy atom. The minimum absolute atomic E-state index is 0.271. The Morgan fingerprint density at radius 3 is 2.42 bits per heavy atom. The molecule has 0 bridgehead atoms. The van der Waals surface area contributed by atoms with Gasteiger partial charge in [0.25, 0.3) is 0 Å². The summed E-state index contributed by atoms with van der Waals surface area (Å²) in [6.45, 7) is 1.81. The summed E-state index contributed by atoms with van der Waals surface area (Å²) in [6.07, 6.45) is 10.4. The first-order chi connectivity index (χ1) is 9.35. The van der Waals surface area contributed by atoms with E-state index in [1.165, 1.54) is 44.9 Å². The lowest BCUT2D eigenvalue weighted by Gasteiger charge is -2.36. The van der Waals surface area contributed by atoms with Gasteiger partial charge in [-0.1, -0.05) is 19.3 Å². The lowest BCUT2D eigenvalue weighted by atomic mass is 9.80. The van der Waals surface area contributed by atoms with Crippen molar-refractivity contribution in [2.24, 2.45) is 17.7 Å². The predicted octanol–water partition coefficient (Wildman–Crippen LogP) is 2.23. The second-order valence-corrected chi connectivity index (χ2v) is 6.16. The molecule has 1 heterocycles. The van der Waals surface area contributed by atoms with E-state index < -0.39 is 0 Å². The van der Waals surface area contributed by atoms with Crippen molar-refractivity contribution in [3.63, 3.8) is 0 Å². The minimum atomic E-state index is 0.271. The maximum atomic E-state index is 5.81. The van der Waals surface area contributed by atoms with Gasteiger partial charge >= 0.3 is 0 Å². The van der Waals surface area contributed by atoms with E-state index >= 15 is 0 Å². The molecule has 0 radical (unpaired) electrons. The number of hydrazine groups is 1. The summed E-state index contributed by atoms with van der Waals surface area (Å²) in [5.41, 5.74) is 3.03. The normalized spacial score (nSPS) is 26.2. The van der Waals surface area contributed by atoms with Crippen LogP contribution in [0.4, 0.5) is 0 Å². The molecular weight excluding hydrogens is 240 g/mol. The Kier molecular flexibility index (Phi) is 6.57. The highest BCUT2D eigenvalue weighted by Gasteiger charge is 2.32. The molecule has 1 saturated heterocycles. The van der Waals surface area contributed by atoms with Gasteiger partial charge in [0.05, 0.1) is 6.10 Å². The van der Waals surface area contributed by atoms with Crippen LogP contribution in [0.3, 0.4) is 0 Å². The molecule has 1 aliphatic carbocycles. The maximum Gasteiger partial charge on any atom is 0.0765 e. The van der Waals surface area contributed by atoms with E-state index in [1.54, 1.807) is 0 Å². The van der Waals surface area contributed by atoms with Gasteiger partial charge in [0.2, 0.25) is 0 Å². The van der Waals surface area contributed by atoms with Crippen LogP contribution in [0.25, 0.3) is 0 Å². The van der Waals surface area contributed by atoms with E-state index in [-0.39, 0.29) is 12.1 Å². The first kappa shape index (κ1) is 15.2. The maximum absolute atomic E-state index is 5.81. The van der Waals surface area contributed by atoms with Crippen molar-refractivity contribution in [3.8, 4) is 0 Å². The molecular formula is C15H30N2O2. The topological polar surface area (TPSA) is 56.5 Å². The van der Waals surface area contributed by atoms with Gasteiger partial charge in [0, 0.05) is 26.4 Å². The van der Waals surface area contributed by atoms with Crippen molar-refractivity contribution in [3.05, 3.63) is 0 Å². The van der Waals surface area contributed by atoms with Crippen LogP contribution in [-0.4, -0.2) is 32.5 Å². The van der Waals surface area contributed by atoms with Crippen molar-refractivity contribution in [1.29, 1.82) is 0 Å². The summed E-state index contributed by atoms with van der Waals surface area (Å²) >= 11 is 0. The van der Waals surface area contributed by atoms with Crippen LogP contribution in [0.5, 0.6) is 0 Å². The van der Waals surface area contributed by atoms with Crippen molar-refractivity contribution >= 4 is 0 Å². The van der Waals surface area contributed by atoms with E-state index in [2.05, 4.69) is 5.43 Å². The van der Waals surface area contributed by atoms with Crippen LogP contribution >= 0.6 is 0 Å². The molecule has 2 aliphatic rings. The van der Waals surface area contributed by atoms with E-state index in [0.717, 1.165) is 25.6 Å². The smallest absolute Gasteiger partial charge is 0.0765 e. The van der Waals surface area contributed by atoms with E-state index in [1.807, 2.05) is 7.11 Å². The highest BCUT2D eigenvalue weighted by molar-refractivity contribution is 4.85. The monoisotopic (exact) mass is 270 g/mol. The summed E-state index contributed by atoms with van der Waals surface area (Å²) < 4.78 is 11.2. The molecule has 2 unspecified atom stereocenters. The Hall–Kier alpha value is -0.160. The van der Waals surface area contributed by atoms with Gasteiger partial charge in [-0.3, -0.25) is 11.3 Å². The van der Waals surface area contributed by atoms with E-state index in [4.69, 9.17) is 15.3 Å². The van der Waals surface area contributed by atoms with Crippen molar-refractivity contribution in [1.82, 2.24) is 5.43 Å². The SMILES string of the molecule is COC(C1CCCCC1)C(CC1CCOCC1)NN. The van der Waals surface area contributed by atoms with Crippen molar-refractivity contribution in [2.45, 2.75) is 63.5 Å². The fourth-order valence-corrected chi connectivity index (χ4v) is 3.79. The first-order valence-electron chi connectivity index (χ1n) is 7.91. The summed E-state index contributed by atoms with van der Waals surface area (Å²) in [4.78, 5) is 0. The second kappa shape index (κ2) is 8.20. The second-order valence-electron chi connectivity index (χ2n) is 6.16. The zero-order valence-corrected chi connectivity index (χ0v) is 12.3. The molecule has 2 atom stereocenters. The van der Waals surface area contributed by atoms with Gasteiger partial charge < -0.3 is 9.47 Å². The third-order valence-electron chi connectivity index (χ3n) is 4.93. The molecule has 0 spiro atoms. The molecule has 0 amide bonds. The molecule has 1 saturated carbocycles. The largest absolute Gasteiger partial charge is 0.381 e. The van der Waals surface area contributed by atoms with Crippen LogP contribution in [-0.2, 0) is 9.47 Å². The highest BCUT2D eigenvalue weighted by atomic mass is 16.5. The number of rotatable bonds is 6. The zero-order chi connectivity index (χ0) is 13.5. The summed E-state index contributed by atoms with van der Waals surface area (Å²) in [7, 11) is 1.84. The third kappa shape index (κ3) is 4.42. The molecule has 4 nitrogen and oxygen atoms in total. The zero-order valence-electron chi connectivity index (χ0n) is 12.3. The Labute approximate surface area is 117 Å². The van der Waals surface area contributed by atoms with E-state index in [0.29, 0.717) is 5.92 Å². The predicted molar refractivity (Wildman–Crippen MR) is 76.6 cm³/mol. The number of nitrogens with one attached hydrogen (secondary N) is 1. The summed E-state index contributed by atoms with van der Waals surface area (Å²) in [5, 5.41) is 0. The Bertz CT molecular complexity index is 238. The number of hydrogen-bond donors (Lipinski definition) is 2. The first-order valence-corrected chi connectivity index (χ1v) is 7.91. The average Bonchev–Trinajstić information content (AvgIpc) is 2.49. The fraction of sp³-hybridized carbons (Fsp3) is 1.00. The standard InChI is InChI=1S/C15H30N2O2/c1-18-15(13-5-3-2-4-6-13)14(17-16)11-12-7-9-19-10-8-12/h12-15,17H,2-11,16H2,1H3.